The van der Waals surface area contributed by atoms with E-state index in [0.29, 0.717) is 6.10 Å². The van der Waals surface area contributed by atoms with Crippen molar-refractivity contribution in [2.75, 3.05) is 46.5 Å². The molecule has 0 radical (unpaired) electrons. The first-order chi connectivity index (χ1) is 12.9. The van der Waals surface area contributed by atoms with Crippen molar-refractivity contribution in [2.24, 2.45) is 4.99 Å². The number of hydrogen-bond donors (Lipinski definition) is 1. The minimum Gasteiger partial charge on any atom is -0.379 e. The molecule has 0 aromatic heterocycles. The van der Waals surface area contributed by atoms with E-state index in [0.717, 1.165) is 64.7 Å². The Morgan fingerprint density at radius 3 is 2.92 bits per heavy atom. The smallest absolute Gasteiger partial charge is 0.193 e. The van der Waals surface area contributed by atoms with Crippen LogP contribution in [0.3, 0.4) is 0 Å². The summed E-state index contributed by atoms with van der Waals surface area (Å²) in [6.07, 6.45) is 6.96. The van der Waals surface area contributed by atoms with Crippen molar-refractivity contribution in [3.63, 3.8) is 0 Å². The number of ether oxygens (including phenoxy) is 2. The predicted molar refractivity (Wildman–Crippen MR) is 106 cm³/mol. The second-order valence-corrected chi connectivity index (χ2v) is 6.83. The molecule has 5 nitrogen and oxygen atoms in total. The molecule has 26 heavy (non-hydrogen) atoms. The second kappa shape index (κ2) is 10.3. The molecule has 2 aliphatic rings. The van der Waals surface area contributed by atoms with E-state index in [-0.39, 0.29) is 0 Å². The largest absolute Gasteiger partial charge is 0.379 e. The fraction of sp³-hybridized carbons (Fsp3) is 0.571. The number of rotatable bonds is 7. The summed E-state index contributed by atoms with van der Waals surface area (Å²) in [5, 5.41) is 3.46. The monoisotopic (exact) mass is 357 g/mol. The van der Waals surface area contributed by atoms with Crippen molar-refractivity contribution in [1.82, 2.24) is 10.2 Å². The highest BCUT2D eigenvalue weighted by atomic mass is 16.5. The molecule has 1 unspecified atom stereocenters. The first-order valence-corrected chi connectivity index (χ1v) is 9.76. The minimum atomic E-state index is 0.315. The van der Waals surface area contributed by atoms with Gasteiger partial charge in [-0.05, 0) is 36.8 Å². The lowest BCUT2D eigenvalue weighted by Crippen LogP contribution is -2.43. The van der Waals surface area contributed by atoms with Crippen molar-refractivity contribution in [3.8, 4) is 0 Å². The van der Waals surface area contributed by atoms with Gasteiger partial charge in [0, 0.05) is 39.9 Å². The first-order valence-electron chi connectivity index (χ1n) is 9.76. The van der Waals surface area contributed by atoms with Crippen LogP contribution in [0.15, 0.2) is 41.4 Å². The molecule has 142 valence electrons. The normalized spacial score (nSPS) is 21.0. The van der Waals surface area contributed by atoms with Gasteiger partial charge in [0.25, 0.3) is 0 Å². The number of aliphatic imine (C=N–C) groups is 1. The van der Waals surface area contributed by atoms with E-state index >= 15 is 0 Å². The minimum absolute atomic E-state index is 0.315. The third-order valence-corrected chi connectivity index (χ3v) is 4.94. The summed E-state index contributed by atoms with van der Waals surface area (Å²) in [7, 11) is 1.85. The Bertz CT molecular complexity index is 595. The number of nitrogens with one attached hydrogen (secondary N) is 1. The Morgan fingerprint density at radius 2 is 2.23 bits per heavy atom. The van der Waals surface area contributed by atoms with Crippen LogP contribution in [0.2, 0.25) is 0 Å². The van der Waals surface area contributed by atoms with Crippen molar-refractivity contribution >= 4 is 11.5 Å². The van der Waals surface area contributed by atoms with Gasteiger partial charge in [-0.25, -0.2) is 0 Å². The third kappa shape index (κ3) is 5.58. The molecule has 2 heterocycles. The van der Waals surface area contributed by atoms with Crippen molar-refractivity contribution in [2.45, 2.75) is 31.8 Å². The molecule has 1 atom stereocenters. The molecule has 0 spiro atoms. The fourth-order valence-corrected chi connectivity index (χ4v) is 3.47. The van der Waals surface area contributed by atoms with Gasteiger partial charge in [-0.3, -0.25) is 4.99 Å². The maximum absolute atomic E-state index is 5.71. The van der Waals surface area contributed by atoms with Crippen LogP contribution in [0.25, 0.3) is 5.57 Å². The fourth-order valence-electron chi connectivity index (χ4n) is 3.47. The van der Waals surface area contributed by atoms with Crippen LogP contribution in [0.4, 0.5) is 0 Å². The molecular weight excluding hydrogens is 326 g/mol. The standard InChI is InChI=1S/C21H31N3O2/c1-22-21(23-12-6-15-25-17-20-9-5-16-26-20)24-13-10-19(11-14-24)18-7-3-2-4-8-18/h2-4,7-8,10,20H,5-6,9,11-17H2,1H3,(H,22,23). The number of benzene rings is 1. The van der Waals surface area contributed by atoms with E-state index in [1.54, 1.807) is 0 Å². The van der Waals surface area contributed by atoms with E-state index in [9.17, 15) is 0 Å². The van der Waals surface area contributed by atoms with Gasteiger partial charge in [0.2, 0.25) is 0 Å². The zero-order valence-electron chi connectivity index (χ0n) is 15.8. The Labute approximate surface area is 157 Å². The third-order valence-electron chi connectivity index (χ3n) is 4.94. The van der Waals surface area contributed by atoms with Crippen molar-refractivity contribution < 1.29 is 9.47 Å². The average molecular weight is 357 g/mol. The molecule has 1 aromatic carbocycles. The number of hydrogen-bond acceptors (Lipinski definition) is 3. The summed E-state index contributed by atoms with van der Waals surface area (Å²) in [5.74, 6) is 0.979. The lowest BCUT2D eigenvalue weighted by molar-refractivity contribution is 0.0168. The Hall–Kier alpha value is -1.85. The molecule has 5 heteroatoms. The lowest BCUT2D eigenvalue weighted by atomic mass is 10.00. The zero-order valence-corrected chi connectivity index (χ0v) is 15.8. The highest BCUT2D eigenvalue weighted by Gasteiger charge is 2.16. The van der Waals surface area contributed by atoms with Crippen LogP contribution in [0, 0.1) is 0 Å². The second-order valence-electron chi connectivity index (χ2n) is 6.83. The Kier molecular flexibility index (Phi) is 7.52. The number of guanidine groups is 1. The summed E-state index contributed by atoms with van der Waals surface area (Å²) >= 11 is 0. The summed E-state index contributed by atoms with van der Waals surface area (Å²) in [5.41, 5.74) is 2.76. The highest BCUT2D eigenvalue weighted by Crippen LogP contribution is 2.21. The molecule has 2 aliphatic heterocycles. The van der Waals surface area contributed by atoms with Crippen LogP contribution in [0.5, 0.6) is 0 Å². The molecule has 0 bridgehead atoms. The van der Waals surface area contributed by atoms with Gasteiger partial charge in [0.1, 0.15) is 0 Å². The summed E-state index contributed by atoms with van der Waals surface area (Å²) in [4.78, 5) is 6.74. The van der Waals surface area contributed by atoms with Crippen LogP contribution < -0.4 is 5.32 Å². The summed E-state index contributed by atoms with van der Waals surface area (Å²) < 4.78 is 11.3. The summed E-state index contributed by atoms with van der Waals surface area (Å²) in [6.45, 7) is 5.16. The topological polar surface area (TPSA) is 46.1 Å². The van der Waals surface area contributed by atoms with E-state index in [1.807, 2.05) is 7.05 Å². The van der Waals surface area contributed by atoms with E-state index in [1.165, 1.54) is 17.6 Å². The zero-order chi connectivity index (χ0) is 18.0. The highest BCUT2D eigenvalue weighted by molar-refractivity contribution is 5.81. The van der Waals surface area contributed by atoms with Crippen molar-refractivity contribution in [1.29, 1.82) is 0 Å². The lowest BCUT2D eigenvalue weighted by Gasteiger charge is -2.29. The molecule has 1 N–H and O–H groups in total. The molecule has 0 amide bonds. The SMILES string of the molecule is CN=C(NCCCOCC1CCCO1)N1CC=C(c2ccccc2)CC1. The Morgan fingerprint density at radius 1 is 1.35 bits per heavy atom. The molecule has 1 fully saturated rings. The van der Waals surface area contributed by atoms with Gasteiger partial charge in [-0.2, -0.15) is 0 Å². The van der Waals surface area contributed by atoms with Gasteiger partial charge in [-0.15, -0.1) is 0 Å². The molecule has 1 aromatic rings. The van der Waals surface area contributed by atoms with Gasteiger partial charge in [-0.1, -0.05) is 36.4 Å². The molecule has 0 aliphatic carbocycles. The van der Waals surface area contributed by atoms with E-state index in [2.05, 4.69) is 51.6 Å². The van der Waals surface area contributed by atoms with Gasteiger partial charge in [0.05, 0.1) is 12.7 Å². The summed E-state index contributed by atoms with van der Waals surface area (Å²) in [6, 6.07) is 10.6. The van der Waals surface area contributed by atoms with Crippen LogP contribution >= 0.6 is 0 Å². The molecule has 3 rings (SSSR count). The van der Waals surface area contributed by atoms with Crippen molar-refractivity contribution in [3.05, 3.63) is 42.0 Å². The first kappa shape index (κ1) is 18.9. The molecule has 1 saturated heterocycles. The predicted octanol–water partition coefficient (Wildman–Crippen LogP) is 2.94. The van der Waals surface area contributed by atoms with E-state index < -0.39 is 0 Å². The maximum atomic E-state index is 5.71. The van der Waals surface area contributed by atoms with Crippen LogP contribution in [-0.4, -0.2) is 63.5 Å². The van der Waals surface area contributed by atoms with Gasteiger partial charge >= 0.3 is 0 Å². The Balaban J connectivity index is 1.35. The average Bonchev–Trinajstić information content (AvgIpc) is 3.22. The van der Waals surface area contributed by atoms with E-state index in [4.69, 9.17) is 9.47 Å². The van der Waals surface area contributed by atoms with Crippen LogP contribution in [-0.2, 0) is 9.47 Å². The quantitative estimate of drug-likeness (QED) is 0.463. The number of nitrogens with zero attached hydrogens (tertiary/aromatic N) is 2. The molecule has 0 saturated carbocycles. The molecular formula is C21H31N3O2. The maximum Gasteiger partial charge on any atom is 0.193 e. The van der Waals surface area contributed by atoms with Crippen LogP contribution in [0.1, 0.15) is 31.2 Å². The van der Waals surface area contributed by atoms with Gasteiger partial charge < -0.3 is 19.7 Å². The van der Waals surface area contributed by atoms with Gasteiger partial charge in [0.15, 0.2) is 5.96 Å².